The minimum atomic E-state index is -3.16. The molecule has 0 radical (unpaired) electrons. The van der Waals surface area contributed by atoms with Crippen LogP contribution in [0.25, 0.3) is 0 Å². The molecule has 2 aromatic rings. The predicted octanol–water partition coefficient (Wildman–Crippen LogP) is 3.29. The van der Waals surface area contributed by atoms with Crippen LogP contribution in [0.2, 0.25) is 0 Å². The van der Waals surface area contributed by atoms with E-state index in [1.54, 1.807) is 19.2 Å². The molecule has 5 heteroatoms. The third-order valence-corrected chi connectivity index (χ3v) is 4.81. The number of benzene rings is 2. The lowest BCUT2D eigenvalue weighted by Gasteiger charge is -2.21. The first-order valence-corrected chi connectivity index (χ1v) is 9.56. The van der Waals surface area contributed by atoms with Gasteiger partial charge in [-0.1, -0.05) is 30.3 Å². The van der Waals surface area contributed by atoms with E-state index in [0.717, 1.165) is 30.0 Å². The molecule has 0 aliphatic carbocycles. The number of hydrogen-bond donors (Lipinski definition) is 0. The molecule has 2 aromatic carbocycles. The third-order valence-electron chi connectivity index (χ3n) is 3.69. The second-order valence-electron chi connectivity index (χ2n) is 5.73. The SMILES string of the molecule is C=CCN(Cc1ccc(S(C)(=O)=O)cc1)Cc1cccc(OC)c1. The number of hydrogen-bond acceptors (Lipinski definition) is 4. The summed E-state index contributed by atoms with van der Waals surface area (Å²) in [4.78, 5) is 2.58. The van der Waals surface area contributed by atoms with Crippen LogP contribution in [0.1, 0.15) is 11.1 Å². The van der Waals surface area contributed by atoms with Crippen molar-refractivity contribution in [3.8, 4) is 5.75 Å². The Morgan fingerprint density at radius 3 is 2.33 bits per heavy atom. The van der Waals surface area contributed by atoms with E-state index in [1.807, 2.05) is 36.4 Å². The minimum absolute atomic E-state index is 0.342. The molecule has 0 aliphatic heterocycles. The molecule has 4 nitrogen and oxygen atoms in total. The molecule has 2 rings (SSSR count). The van der Waals surface area contributed by atoms with E-state index < -0.39 is 9.84 Å². The molecule has 0 saturated heterocycles. The molecule has 0 aliphatic rings. The summed E-state index contributed by atoms with van der Waals surface area (Å²) in [5.74, 6) is 0.837. The quantitative estimate of drug-likeness (QED) is 0.689. The zero-order valence-corrected chi connectivity index (χ0v) is 14.9. The molecule has 0 heterocycles. The van der Waals surface area contributed by atoms with Gasteiger partial charge in [-0.05, 0) is 35.4 Å². The first kappa shape index (κ1) is 18.2. The summed E-state index contributed by atoms with van der Waals surface area (Å²) in [5.41, 5.74) is 2.22. The zero-order valence-electron chi connectivity index (χ0n) is 14.1. The van der Waals surface area contributed by atoms with Gasteiger partial charge < -0.3 is 4.74 Å². The number of sulfone groups is 1. The average molecular weight is 345 g/mol. The van der Waals surface area contributed by atoms with Gasteiger partial charge in [0.05, 0.1) is 12.0 Å². The smallest absolute Gasteiger partial charge is 0.175 e. The summed E-state index contributed by atoms with van der Waals surface area (Å²) in [7, 11) is -1.50. The second-order valence-corrected chi connectivity index (χ2v) is 7.74. The summed E-state index contributed by atoms with van der Waals surface area (Å²) in [6.45, 7) is 6.04. The van der Waals surface area contributed by atoms with E-state index in [1.165, 1.54) is 6.26 Å². The van der Waals surface area contributed by atoms with Crippen molar-refractivity contribution in [2.45, 2.75) is 18.0 Å². The Kier molecular flexibility index (Phi) is 6.17. The van der Waals surface area contributed by atoms with Crippen LogP contribution in [0.15, 0.2) is 66.1 Å². The average Bonchev–Trinajstić information content (AvgIpc) is 2.55. The maximum atomic E-state index is 11.5. The largest absolute Gasteiger partial charge is 0.497 e. The summed E-state index contributed by atoms with van der Waals surface area (Å²) in [6, 6.07) is 15.0. The number of nitrogens with zero attached hydrogens (tertiary/aromatic N) is 1. The molecular weight excluding hydrogens is 322 g/mol. The van der Waals surface area contributed by atoms with Gasteiger partial charge in [0.15, 0.2) is 9.84 Å². The third kappa shape index (κ3) is 5.22. The Morgan fingerprint density at radius 1 is 1.08 bits per heavy atom. The maximum absolute atomic E-state index is 11.5. The molecular formula is C19H23NO3S. The van der Waals surface area contributed by atoms with Gasteiger partial charge in [0.2, 0.25) is 0 Å². The van der Waals surface area contributed by atoms with Crippen molar-refractivity contribution in [3.63, 3.8) is 0 Å². The van der Waals surface area contributed by atoms with Crippen LogP contribution < -0.4 is 4.74 Å². The summed E-state index contributed by atoms with van der Waals surface area (Å²) >= 11 is 0. The van der Waals surface area contributed by atoms with Gasteiger partial charge in [-0.3, -0.25) is 4.90 Å². The van der Waals surface area contributed by atoms with E-state index >= 15 is 0 Å². The van der Waals surface area contributed by atoms with Gasteiger partial charge >= 0.3 is 0 Å². The first-order valence-electron chi connectivity index (χ1n) is 7.67. The van der Waals surface area contributed by atoms with E-state index in [4.69, 9.17) is 4.74 Å². The predicted molar refractivity (Wildman–Crippen MR) is 96.9 cm³/mol. The van der Waals surface area contributed by atoms with E-state index in [-0.39, 0.29) is 0 Å². The molecule has 0 unspecified atom stereocenters. The molecule has 24 heavy (non-hydrogen) atoms. The van der Waals surface area contributed by atoms with Crippen molar-refractivity contribution in [2.24, 2.45) is 0 Å². The number of ether oxygens (including phenoxy) is 1. The summed E-state index contributed by atoms with van der Waals surface area (Å²) in [6.07, 6.45) is 3.08. The molecule has 0 amide bonds. The first-order chi connectivity index (χ1) is 11.4. The lowest BCUT2D eigenvalue weighted by atomic mass is 10.1. The lowest BCUT2D eigenvalue weighted by Crippen LogP contribution is -2.22. The van der Waals surface area contributed by atoms with Crippen LogP contribution in [0, 0.1) is 0 Å². The van der Waals surface area contributed by atoms with Crippen molar-refractivity contribution in [3.05, 3.63) is 72.3 Å². The fourth-order valence-corrected chi connectivity index (χ4v) is 3.13. The van der Waals surface area contributed by atoms with E-state index in [9.17, 15) is 8.42 Å². The Hall–Kier alpha value is -2.11. The number of methoxy groups -OCH3 is 1. The Balaban J connectivity index is 2.11. The molecule has 0 fully saturated rings. The van der Waals surface area contributed by atoms with Crippen LogP contribution in [0.4, 0.5) is 0 Å². The van der Waals surface area contributed by atoms with Crippen LogP contribution in [-0.4, -0.2) is 33.2 Å². The van der Waals surface area contributed by atoms with Crippen molar-refractivity contribution in [1.82, 2.24) is 4.90 Å². The highest BCUT2D eigenvalue weighted by molar-refractivity contribution is 7.90. The second kappa shape index (κ2) is 8.13. The zero-order chi connectivity index (χ0) is 17.6. The molecule has 0 N–H and O–H groups in total. The van der Waals surface area contributed by atoms with Gasteiger partial charge in [-0.25, -0.2) is 8.42 Å². The van der Waals surface area contributed by atoms with Crippen molar-refractivity contribution >= 4 is 9.84 Å². The highest BCUT2D eigenvalue weighted by Gasteiger charge is 2.09. The summed E-state index contributed by atoms with van der Waals surface area (Å²) < 4.78 is 28.3. The van der Waals surface area contributed by atoms with Crippen LogP contribution in [0.3, 0.4) is 0 Å². The van der Waals surface area contributed by atoms with Crippen LogP contribution >= 0.6 is 0 Å². The fraction of sp³-hybridized carbons (Fsp3) is 0.263. The standard InChI is InChI=1S/C19H23NO3S/c1-4-12-20(15-17-6-5-7-18(13-17)23-2)14-16-8-10-19(11-9-16)24(3,21)22/h4-11,13H,1,12,14-15H2,2-3H3. The fourth-order valence-electron chi connectivity index (χ4n) is 2.50. The Bertz CT molecular complexity index is 783. The van der Waals surface area contributed by atoms with Gasteiger partial charge in [0.1, 0.15) is 5.75 Å². The maximum Gasteiger partial charge on any atom is 0.175 e. The molecule has 0 aromatic heterocycles. The van der Waals surface area contributed by atoms with Gasteiger partial charge in [-0.15, -0.1) is 6.58 Å². The number of rotatable bonds is 8. The monoisotopic (exact) mass is 345 g/mol. The topological polar surface area (TPSA) is 46.6 Å². The summed E-state index contributed by atoms with van der Waals surface area (Å²) in [5, 5.41) is 0. The van der Waals surface area contributed by atoms with Crippen LogP contribution in [0.5, 0.6) is 5.75 Å². The molecule has 0 bridgehead atoms. The van der Waals surface area contributed by atoms with E-state index in [2.05, 4.69) is 17.5 Å². The highest BCUT2D eigenvalue weighted by atomic mass is 32.2. The van der Waals surface area contributed by atoms with Crippen molar-refractivity contribution in [2.75, 3.05) is 19.9 Å². The minimum Gasteiger partial charge on any atom is -0.497 e. The van der Waals surface area contributed by atoms with Crippen molar-refractivity contribution < 1.29 is 13.2 Å². The van der Waals surface area contributed by atoms with E-state index in [0.29, 0.717) is 11.4 Å². The van der Waals surface area contributed by atoms with Crippen LogP contribution in [-0.2, 0) is 22.9 Å². The molecule has 0 saturated carbocycles. The molecule has 128 valence electrons. The van der Waals surface area contributed by atoms with Gasteiger partial charge in [0, 0.05) is 25.9 Å². The van der Waals surface area contributed by atoms with Gasteiger partial charge in [-0.2, -0.15) is 0 Å². The molecule has 0 spiro atoms. The highest BCUT2D eigenvalue weighted by Crippen LogP contribution is 2.17. The Labute approximate surface area is 144 Å². The Morgan fingerprint density at radius 2 is 1.75 bits per heavy atom. The normalized spacial score (nSPS) is 11.5. The lowest BCUT2D eigenvalue weighted by molar-refractivity contribution is 0.285. The molecule has 0 atom stereocenters. The van der Waals surface area contributed by atoms with Gasteiger partial charge in [0.25, 0.3) is 0 Å². The van der Waals surface area contributed by atoms with Crippen molar-refractivity contribution in [1.29, 1.82) is 0 Å².